The van der Waals surface area contributed by atoms with Crippen LogP contribution in [0.5, 0.6) is 17.2 Å². The van der Waals surface area contributed by atoms with Crippen molar-refractivity contribution in [2.75, 3.05) is 31.7 Å². The molecular formula is C28H33N3O6S2. The van der Waals surface area contributed by atoms with E-state index in [2.05, 4.69) is 16.2 Å². The smallest absolute Gasteiger partial charge is 0.341 e. The second-order valence-electron chi connectivity index (χ2n) is 7.96. The molecule has 208 valence electrons. The van der Waals surface area contributed by atoms with Crippen LogP contribution in [0.1, 0.15) is 53.3 Å². The van der Waals surface area contributed by atoms with Crippen LogP contribution < -0.4 is 30.4 Å². The number of thiocarbonyl (C=S) groups is 1. The highest BCUT2D eigenvalue weighted by Gasteiger charge is 2.25. The molecule has 11 heteroatoms. The fourth-order valence-corrected chi connectivity index (χ4v) is 5.11. The first-order valence-corrected chi connectivity index (χ1v) is 13.9. The van der Waals surface area contributed by atoms with Crippen LogP contribution in [0.15, 0.2) is 42.5 Å². The van der Waals surface area contributed by atoms with Gasteiger partial charge in [0.1, 0.15) is 10.6 Å². The van der Waals surface area contributed by atoms with Gasteiger partial charge < -0.3 is 24.3 Å². The molecule has 0 fully saturated rings. The van der Waals surface area contributed by atoms with Crippen LogP contribution >= 0.6 is 23.6 Å². The lowest BCUT2D eigenvalue weighted by molar-refractivity contribution is 0.0528. The number of hydrogen-bond acceptors (Lipinski definition) is 8. The van der Waals surface area contributed by atoms with Gasteiger partial charge in [0.25, 0.3) is 5.91 Å². The van der Waals surface area contributed by atoms with Gasteiger partial charge in [-0.3, -0.25) is 15.6 Å². The zero-order valence-corrected chi connectivity index (χ0v) is 24.3. The van der Waals surface area contributed by atoms with Gasteiger partial charge in [-0.25, -0.2) is 4.79 Å². The third-order valence-electron chi connectivity index (χ3n) is 5.31. The number of rotatable bonds is 11. The predicted octanol–water partition coefficient (Wildman–Crippen LogP) is 5.73. The van der Waals surface area contributed by atoms with Crippen molar-refractivity contribution < 1.29 is 28.5 Å². The Balaban J connectivity index is 1.81. The van der Waals surface area contributed by atoms with E-state index in [0.29, 0.717) is 47.6 Å². The minimum atomic E-state index is -0.470. The van der Waals surface area contributed by atoms with Gasteiger partial charge >= 0.3 is 5.97 Å². The Kier molecular flexibility index (Phi) is 10.9. The first kappa shape index (κ1) is 29.7. The highest BCUT2D eigenvalue weighted by molar-refractivity contribution is 7.80. The fraction of sp³-hybridized carbons (Fsp3) is 0.321. The standard InChI is InChI=1S/C28H33N3O6S2/c1-6-34-20-15-19(16-21(35-7-2)24(20)36-8-3)25(32)30-31-28(38)29-26-23(27(33)37-9-4)22(17(5)39-26)18-13-11-10-12-14-18/h10-16H,6-9H2,1-5H3,(H,30,32)(H2,29,31,38). The number of thiophene rings is 1. The van der Waals surface area contributed by atoms with E-state index in [9.17, 15) is 9.59 Å². The van der Waals surface area contributed by atoms with E-state index in [1.54, 1.807) is 19.1 Å². The average molecular weight is 572 g/mol. The molecule has 0 saturated carbocycles. The highest BCUT2D eigenvalue weighted by atomic mass is 32.1. The van der Waals surface area contributed by atoms with Gasteiger partial charge in [0, 0.05) is 16.0 Å². The number of nitrogens with one attached hydrogen (secondary N) is 3. The average Bonchev–Trinajstić information content (AvgIpc) is 3.25. The van der Waals surface area contributed by atoms with Gasteiger partial charge in [-0.2, -0.15) is 0 Å². The summed E-state index contributed by atoms with van der Waals surface area (Å²) in [5.74, 6) is 0.311. The van der Waals surface area contributed by atoms with Crippen LogP contribution in [0.2, 0.25) is 0 Å². The molecule has 2 aromatic carbocycles. The predicted molar refractivity (Wildman–Crippen MR) is 157 cm³/mol. The van der Waals surface area contributed by atoms with Crippen molar-refractivity contribution in [2.45, 2.75) is 34.6 Å². The normalized spacial score (nSPS) is 10.4. The SMILES string of the molecule is CCOC(=O)c1c(NC(=S)NNC(=O)c2cc(OCC)c(OCC)c(OCC)c2)sc(C)c1-c1ccccc1. The Labute approximate surface area is 237 Å². The third kappa shape index (κ3) is 7.39. The molecule has 3 rings (SSSR count). The molecule has 9 nitrogen and oxygen atoms in total. The lowest BCUT2D eigenvalue weighted by Crippen LogP contribution is -2.43. The minimum absolute atomic E-state index is 0.0933. The van der Waals surface area contributed by atoms with Crippen molar-refractivity contribution in [3.8, 4) is 28.4 Å². The largest absolute Gasteiger partial charge is 0.490 e. The summed E-state index contributed by atoms with van der Waals surface area (Å²) in [5.41, 5.74) is 7.61. The lowest BCUT2D eigenvalue weighted by atomic mass is 10.0. The van der Waals surface area contributed by atoms with E-state index < -0.39 is 11.9 Å². The Morgan fingerprint density at radius 2 is 1.49 bits per heavy atom. The van der Waals surface area contributed by atoms with Gasteiger partial charge in [-0.1, -0.05) is 30.3 Å². The summed E-state index contributed by atoms with van der Waals surface area (Å²) in [4.78, 5) is 26.8. The summed E-state index contributed by atoms with van der Waals surface area (Å²) in [6.07, 6.45) is 0. The maximum atomic E-state index is 13.0. The molecule has 0 bridgehead atoms. The van der Waals surface area contributed by atoms with Crippen molar-refractivity contribution in [2.24, 2.45) is 0 Å². The van der Waals surface area contributed by atoms with Crippen LogP contribution in [-0.2, 0) is 4.74 Å². The van der Waals surface area contributed by atoms with Crippen molar-refractivity contribution >= 4 is 45.5 Å². The second-order valence-corrected chi connectivity index (χ2v) is 9.59. The molecular weight excluding hydrogens is 538 g/mol. The Hall–Kier alpha value is -3.83. The molecule has 0 aliphatic heterocycles. The van der Waals surface area contributed by atoms with Crippen molar-refractivity contribution in [1.82, 2.24) is 10.9 Å². The van der Waals surface area contributed by atoms with E-state index in [-0.39, 0.29) is 17.3 Å². The van der Waals surface area contributed by atoms with E-state index in [0.717, 1.165) is 16.0 Å². The number of benzene rings is 2. The second kappa shape index (κ2) is 14.4. The molecule has 0 spiro atoms. The van der Waals surface area contributed by atoms with Crippen LogP contribution in [0, 0.1) is 6.92 Å². The maximum Gasteiger partial charge on any atom is 0.341 e. The zero-order valence-electron chi connectivity index (χ0n) is 22.6. The van der Waals surface area contributed by atoms with Gasteiger partial charge in [0.15, 0.2) is 16.6 Å². The Morgan fingerprint density at radius 1 is 0.872 bits per heavy atom. The van der Waals surface area contributed by atoms with Gasteiger partial charge in [0.2, 0.25) is 5.75 Å². The summed E-state index contributed by atoms with van der Waals surface area (Å²) >= 11 is 6.79. The number of anilines is 1. The highest BCUT2D eigenvalue weighted by Crippen LogP contribution is 2.41. The number of carbonyl (C=O) groups excluding carboxylic acids is 2. The van der Waals surface area contributed by atoms with E-state index >= 15 is 0 Å². The minimum Gasteiger partial charge on any atom is -0.490 e. The van der Waals surface area contributed by atoms with Gasteiger partial charge in [-0.05, 0) is 64.5 Å². The van der Waals surface area contributed by atoms with Gasteiger partial charge in [0.05, 0.1) is 26.4 Å². The van der Waals surface area contributed by atoms with Crippen molar-refractivity contribution in [3.05, 3.63) is 58.5 Å². The number of hydrogen-bond donors (Lipinski definition) is 3. The molecule has 0 unspecified atom stereocenters. The van der Waals surface area contributed by atoms with E-state index in [4.69, 9.17) is 31.2 Å². The zero-order chi connectivity index (χ0) is 28.4. The molecule has 3 N–H and O–H groups in total. The number of ether oxygens (including phenoxy) is 4. The van der Waals surface area contributed by atoms with Crippen molar-refractivity contribution in [3.63, 3.8) is 0 Å². The molecule has 0 aliphatic carbocycles. The Bertz CT molecular complexity index is 1280. The Morgan fingerprint density at radius 3 is 2.05 bits per heavy atom. The molecule has 39 heavy (non-hydrogen) atoms. The summed E-state index contributed by atoms with van der Waals surface area (Å²) < 4.78 is 22.4. The van der Waals surface area contributed by atoms with E-state index in [1.165, 1.54) is 11.3 Å². The van der Waals surface area contributed by atoms with Crippen LogP contribution in [-0.4, -0.2) is 43.4 Å². The summed E-state index contributed by atoms with van der Waals surface area (Å²) in [6, 6.07) is 12.8. The molecule has 0 saturated heterocycles. The third-order valence-corrected chi connectivity index (χ3v) is 6.54. The van der Waals surface area contributed by atoms with Crippen LogP contribution in [0.25, 0.3) is 11.1 Å². The number of esters is 1. The quantitative estimate of drug-likeness (QED) is 0.151. The van der Waals surface area contributed by atoms with Gasteiger partial charge in [-0.15, -0.1) is 11.3 Å². The number of carbonyl (C=O) groups is 2. The first-order chi connectivity index (χ1) is 18.8. The number of amides is 1. The van der Waals surface area contributed by atoms with Crippen molar-refractivity contribution in [1.29, 1.82) is 0 Å². The molecule has 1 heterocycles. The summed E-state index contributed by atoms with van der Waals surface area (Å²) in [7, 11) is 0. The monoisotopic (exact) mass is 571 g/mol. The summed E-state index contributed by atoms with van der Waals surface area (Å²) in [6.45, 7) is 10.6. The number of aryl methyl sites for hydroxylation is 1. The molecule has 3 aromatic rings. The molecule has 1 amide bonds. The molecule has 0 aliphatic rings. The molecule has 0 atom stereocenters. The number of hydrazine groups is 1. The lowest BCUT2D eigenvalue weighted by Gasteiger charge is -2.17. The van der Waals surface area contributed by atoms with E-state index in [1.807, 2.05) is 58.0 Å². The fourth-order valence-electron chi connectivity index (χ4n) is 3.82. The molecule has 1 aromatic heterocycles. The maximum absolute atomic E-state index is 13.0. The summed E-state index contributed by atoms with van der Waals surface area (Å²) in [5, 5.41) is 3.63. The van der Waals surface area contributed by atoms with Crippen LogP contribution in [0.3, 0.4) is 0 Å². The molecule has 0 radical (unpaired) electrons. The van der Waals surface area contributed by atoms with Crippen LogP contribution in [0.4, 0.5) is 5.00 Å². The first-order valence-electron chi connectivity index (χ1n) is 12.6. The topological polar surface area (TPSA) is 107 Å².